The Morgan fingerprint density at radius 2 is 0.704 bits per heavy atom. The van der Waals surface area contributed by atoms with Crippen LogP contribution in [0.3, 0.4) is 0 Å². The smallest absolute Gasteiger partial charge is 0.143 e. The molecule has 0 aliphatic carbocycles. The first-order valence-electron chi connectivity index (χ1n) is 18.2. The summed E-state index contributed by atoms with van der Waals surface area (Å²) >= 11 is 0. The van der Waals surface area contributed by atoms with Gasteiger partial charge >= 0.3 is 0 Å². The van der Waals surface area contributed by atoms with E-state index in [2.05, 4.69) is 192 Å². The second kappa shape index (κ2) is 13.4. The van der Waals surface area contributed by atoms with Gasteiger partial charge in [-0.3, -0.25) is 0 Å². The number of rotatable bonds is 8. The Morgan fingerprint density at radius 3 is 1.17 bits per heavy atom. The van der Waals surface area contributed by atoms with Crippen molar-refractivity contribution in [2.45, 2.75) is 0 Å². The molecule has 54 heavy (non-hydrogen) atoms. The molecule has 0 amide bonds. The average molecular weight is 695 g/mol. The maximum Gasteiger partial charge on any atom is 0.143 e. The highest BCUT2D eigenvalue weighted by molar-refractivity contribution is 6.18. The molecule has 0 aliphatic rings. The molecule has 0 N–H and O–H groups in total. The minimum Gasteiger partial charge on any atom is -0.456 e. The lowest BCUT2D eigenvalue weighted by Gasteiger charge is -2.25. The number of furan rings is 2. The lowest BCUT2D eigenvalue weighted by atomic mass is 10.0. The van der Waals surface area contributed by atoms with Crippen LogP contribution in [0.2, 0.25) is 0 Å². The number of hydrogen-bond donors (Lipinski definition) is 0. The van der Waals surface area contributed by atoms with Crippen molar-refractivity contribution < 1.29 is 8.83 Å². The van der Waals surface area contributed by atoms with Crippen molar-refractivity contribution in [3.63, 3.8) is 0 Å². The molecule has 0 fully saturated rings. The molecule has 0 saturated carbocycles. The number of fused-ring (bicyclic) bond motifs is 5. The zero-order valence-corrected chi connectivity index (χ0v) is 29.3. The van der Waals surface area contributed by atoms with Gasteiger partial charge in [-0.1, -0.05) is 91.0 Å². The van der Waals surface area contributed by atoms with Crippen LogP contribution >= 0.6 is 0 Å². The molecular weight excluding hydrogens is 661 g/mol. The van der Waals surface area contributed by atoms with Crippen LogP contribution in [0.15, 0.2) is 215 Å². The first kappa shape index (κ1) is 31.4. The molecule has 0 aliphatic heterocycles. The van der Waals surface area contributed by atoms with Gasteiger partial charge in [-0.25, -0.2) is 0 Å². The molecule has 8 aromatic carbocycles. The van der Waals surface area contributed by atoms with Gasteiger partial charge in [-0.2, -0.15) is 0 Å². The van der Waals surface area contributed by atoms with Crippen molar-refractivity contribution in [2.75, 3.05) is 9.80 Å². The van der Waals surface area contributed by atoms with E-state index in [-0.39, 0.29) is 0 Å². The van der Waals surface area contributed by atoms with Gasteiger partial charge in [0.05, 0.1) is 0 Å². The topological polar surface area (TPSA) is 32.8 Å². The van der Waals surface area contributed by atoms with Crippen LogP contribution in [0.1, 0.15) is 0 Å². The number of anilines is 6. The van der Waals surface area contributed by atoms with E-state index in [1.165, 1.54) is 0 Å². The molecular formula is C50H34N2O2. The molecule has 0 atom stereocenters. The maximum atomic E-state index is 6.73. The van der Waals surface area contributed by atoms with E-state index in [0.717, 1.165) is 89.5 Å². The van der Waals surface area contributed by atoms with Gasteiger partial charge in [0.2, 0.25) is 0 Å². The third-order valence-electron chi connectivity index (χ3n) is 10.0. The van der Waals surface area contributed by atoms with E-state index in [4.69, 9.17) is 8.83 Å². The Balaban J connectivity index is 1.00. The second-order valence-electron chi connectivity index (χ2n) is 13.4. The zero-order chi connectivity index (χ0) is 35.8. The normalized spacial score (nSPS) is 11.3. The zero-order valence-electron chi connectivity index (χ0n) is 29.3. The fourth-order valence-electron chi connectivity index (χ4n) is 7.46. The monoisotopic (exact) mass is 694 g/mol. The summed E-state index contributed by atoms with van der Waals surface area (Å²) in [6, 6.07) is 71.7. The molecule has 2 aromatic heterocycles. The largest absolute Gasteiger partial charge is 0.456 e. The minimum atomic E-state index is 0.816. The minimum absolute atomic E-state index is 0.816. The summed E-state index contributed by atoms with van der Waals surface area (Å²) in [5, 5.41) is 4.25. The van der Waals surface area contributed by atoms with E-state index in [1.807, 2.05) is 24.3 Å². The van der Waals surface area contributed by atoms with Gasteiger partial charge in [0.25, 0.3) is 0 Å². The molecule has 0 radical (unpaired) electrons. The highest BCUT2D eigenvalue weighted by Gasteiger charge is 2.18. The number of benzene rings is 8. The summed E-state index contributed by atoms with van der Waals surface area (Å²) in [5.41, 5.74) is 10.3. The second-order valence-corrected chi connectivity index (χ2v) is 13.4. The lowest BCUT2D eigenvalue weighted by Crippen LogP contribution is -2.09. The molecule has 4 nitrogen and oxygen atoms in total. The predicted molar refractivity (Wildman–Crippen MR) is 224 cm³/mol. The predicted octanol–water partition coefficient (Wildman–Crippen LogP) is 14.6. The van der Waals surface area contributed by atoms with Crippen molar-refractivity contribution in [3.05, 3.63) is 206 Å². The van der Waals surface area contributed by atoms with E-state index in [1.54, 1.807) is 0 Å². The first-order valence-corrected chi connectivity index (χ1v) is 18.2. The summed E-state index contributed by atoms with van der Waals surface area (Å²) in [4.78, 5) is 4.52. The summed E-state index contributed by atoms with van der Waals surface area (Å²) in [6.45, 7) is 0. The van der Waals surface area contributed by atoms with Crippen LogP contribution in [0, 0.1) is 0 Å². The molecule has 0 spiro atoms. The molecule has 10 aromatic rings. The molecule has 256 valence electrons. The van der Waals surface area contributed by atoms with Crippen LogP contribution in [0.5, 0.6) is 0 Å². The van der Waals surface area contributed by atoms with Gasteiger partial charge in [0, 0.05) is 61.4 Å². The maximum absolute atomic E-state index is 6.73. The van der Waals surface area contributed by atoms with Crippen LogP contribution in [0.25, 0.3) is 55.4 Å². The molecule has 2 heterocycles. The molecule has 0 saturated heterocycles. The summed E-state index contributed by atoms with van der Waals surface area (Å²) in [7, 11) is 0. The van der Waals surface area contributed by atoms with Crippen LogP contribution in [-0.4, -0.2) is 0 Å². The van der Waals surface area contributed by atoms with Crippen molar-refractivity contribution in [1.82, 2.24) is 0 Å². The Morgan fingerprint density at radius 1 is 0.315 bits per heavy atom. The standard InChI is InChI=1S/C50H34N2O2/c1-5-13-39(14-6-1)51(40-15-7-2-8-16-40)43-28-23-35(24-29-43)47-33-38-22-21-37-27-32-46-45(49(37)50(38)54-47)34-48(53-46)36-25-30-44(31-26-36)52(41-17-9-3-10-18-41)42-19-11-4-12-20-42/h1-34H. The van der Waals surface area contributed by atoms with E-state index >= 15 is 0 Å². The van der Waals surface area contributed by atoms with Crippen LogP contribution < -0.4 is 9.80 Å². The molecule has 10 rings (SSSR count). The van der Waals surface area contributed by atoms with Gasteiger partial charge in [-0.05, 0) is 121 Å². The van der Waals surface area contributed by atoms with Crippen LogP contribution in [-0.2, 0) is 0 Å². The van der Waals surface area contributed by atoms with Gasteiger partial charge in [-0.15, -0.1) is 0 Å². The Labute approximate surface area is 313 Å². The van der Waals surface area contributed by atoms with Crippen LogP contribution in [0.4, 0.5) is 34.1 Å². The highest BCUT2D eigenvalue weighted by atomic mass is 16.3. The van der Waals surface area contributed by atoms with Crippen molar-refractivity contribution >= 4 is 66.8 Å². The summed E-state index contributed by atoms with van der Waals surface area (Å²) in [5.74, 6) is 1.64. The summed E-state index contributed by atoms with van der Waals surface area (Å²) in [6.07, 6.45) is 0. The van der Waals surface area contributed by atoms with Crippen molar-refractivity contribution in [2.24, 2.45) is 0 Å². The van der Waals surface area contributed by atoms with E-state index < -0.39 is 0 Å². The van der Waals surface area contributed by atoms with Crippen molar-refractivity contribution in [1.29, 1.82) is 0 Å². The van der Waals surface area contributed by atoms with Crippen molar-refractivity contribution in [3.8, 4) is 22.6 Å². The molecule has 0 unspecified atom stereocenters. The third-order valence-corrected chi connectivity index (χ3v) is 10.0. The van der Waals surface area contributed by atoms with Gasteiger partial charge in [0.1, 0.15) is 22.7 Å². The van der Waals surface area contributed by atoms with E-state index in [9.17, 15) is 0 Å². The highest BCUT2D eigenvalue weighted by Crippen LogP contribution is 2.41. The fraction of sp³-hybridized carbons (Fsp3) is 0. The van der Waals surface area contributed by atoms with Gasteiger partial charge < -0.3 is 18.6 Å². The molecule has 0 bridgehead atoms. The van der Waals surface area contributed by atoms with E-state index in [0.29, 0.717) is 0 Å². The molecule has 4 heteroatoms. The number of para-hydroxylation sites is 4. The first-order chi connectivity index (χ1) is 26.8. The fourth-order valence-corrected chi connectivity index (χ4v) is 7.46. The lowest BCUT2D eigenvalue weighted by molar-refractivity contribution is 0.631. The Bertz CT molecular complexity index is 2570. The quantitative estimate of drug-likeness (QED) is 0.158. The summed E-state index contributed by atoms with van der Waals surface area (Å²) < 4.78 is 13.2. The average Bonchev–Trinajstić information content (AvgIpc) is 3.89. The Hall–Kier alpha value is -7.30. The number of hydrogen-bond acceptors (Lipinski definition) is 4. The SMILES string of the molecule is c1ccc(N(c2ccccc2)c2ccc(-c3cc4c(ccc5ccc6cc(-c7ccc(N(c8ccccc8)c8ccccc8)cc7)oc6c54)o3)cc2)cc1. The Kier molecular flexibility index (Phi) is 7.77. The third kappa shape index (κ3) is 5.67. The number of nitrogens with zero attached hydrogens (tertiary/aromatic N) is 2. The van der Waals surface area contributed by atoms with Gasteiger partial charge in [0.15, 0.2) is 0 Å².